The van der Waals surface area contributed by atoms with E-state index in [1.807, 2.05) is 6.92 Å². The van der Waals surface area contributed by atoms with Crippen molar-refractivity contribution in [1.29, 1.82) is 0 Å². The molecule has 21 heavy (non-hydrogen) atoms. The molecule has 0 unspecified atom stereocenters. The summed E-state index contributed by atoms with van der Waals surface area (Å²) in [5, 5.41) is 14.9. The lowest BCUT2D eigenvalue weighted by atomic mass is 10.1. The minimum Gasteiger partial charge on any atom is -0.506 e. The van der Waals surface area contributed by atoms with Gasteiger partial charge < -0.3 is 15.7 Å². The third kappa shape index (κ3) is 4.49. The van der Waals surface area contributed by atoms with Crippen LogP contribution in [-0.2, 0) is 6.42 Å². The van der Waals surface area contributed by atoms with Crippen LogP contribution in [0, 0.1) is 12.7 Å². The van der Waals surface area contributed by atoms with Crippen LogP contribution in [-0.4, -0.2) is 17.7 Å². The van der Waals surface area contributed by atoms with Crippen molar-refractivity contribution in [2.24, 2.45) is 0 Å². The van der Waals surface area contributed by atoms with E-state index in [0.717, 1.165) is 11.1 Å². The molecule has 110 valence electrons. The lowest BCUT2D eigenvalue weighted by Gasteiger charge is -2.09. The quantitative estimate of drug-likeness (QED) is 0.757. The van der Waals surface area contributed by atoms with Crippen LogP contribution in [0.5, 0.6) is 5.75 Å². The Hall–Kier alpha value is -2.56. The molecule has 0 aliphatic carbocycles. The van der Waals surface area contributed by atoms with E-state index in [1.54, 1.807) is 30.3 Å². The number of aromatic hydroxyl groups is 1. The molecule has 0 bridgehead atoms. The van der Waals surface area contributed by atoms with Crippen LogP contribution in [0.3, 0.4) is 0 Å². The Bertz CT molecular complexity index is 627. The molecule has 0 atom stereocenters. The van der Waals surface area contributed by atoms with Crippen LogP contribution < -0.4 is 10.6 Å². The first-order chi connectivity index (χ1) is 10.0. The molecular formula is C16H17FN2O2. The van der Waals surface area contributed by atoms with E-state index >= 15 is 0 Å². The van der Waals surface area contributed by atoms with Gasteiger partial charge in [0.2, 0.25) is 0 Å². The molecule has 0 heterocycles. The second kappa shape index (κ2) is 6.74. The number of hydrogen-bond donors (Lipinski definition) is 3. The summed E-state index contributed by atoms with van der Waals surface area (Å²) >= 11 is 0. The molecule has 3 N–H and O–H groups in total. The standard InChI is InChI=1S/C16H17FN2O2/c1-11-2-7-14(15(20)10-11)19-16(21)18-9-8-12-3-5-13(17)6-4-12/h2-7,10,20H,8-9H2,1H3,(H2,18,19,21). The first-order valence-electron chi connectivity index (χ1n) is 6.63. The second-order valence-corrected chi connectivity index (χ2v) is 4.78. The highest BCUT2D eigenvalue weighted by Crippen LogP contribution is 2.23. The SMILES string of the molecule is Cc1ccc(NC(=O)NCCc2ccc(F)cc2)c(O)c1. The lowest BCUT2D eigenvalue weighted by molar-refractivity contribution is 0.252. The van der Waals surface area contributed by atoms with Crippen molar-refractivity contribution in [3.05, 3.63) is 59.4 Å². The highest BCUT2D eigenvalue weighted by atomic mass is 19.1. The van der Waals surface area contributed by atoms with Gasteiger partial charge in [-0.15, -0.1) is 0 Å². The largest absolute Gasteiger partial charge is 0.506 e. The van der Waals surface area contributed by atoms with Crippen molar-refractivity contribution in [2.75, 3.05) is 11.9 Å². The van der Waals surface area contributed by atoms with Gasteiger partial charge in [0, 0.05) is 6.54 Å². The molecule has 0 fully saturated rings. The Morgan fingerprint density at radius 3 is 2.57 bits per heavy atom. The molecule has 0 saturated carbocycles. The van der Waals surface area contributed by atoms with Crippen molar-refractivity contribution < 1.29 is 14.3 Å². The fraction of sp³-hybridized carbons (Fsp3) is 0.188. The predicted molar refractivity (Wildman–Crippen MR) is 80.0 cm³/mol. The molecular weight excluding hydrogens is 271 g/mol. The fourth-order valence-electron chi connectivity index (χ4n) is 1.89. The first kappa shape index (κ1) is 14.8. The number of aryl methyl sites for hydroxylation is 1. The van der Waals surface area contributed by atoms with Crippen LogP contribution in [0.1, 0.15) is 11.1 Å². The number of amides is 2. The number of urea groups is 1. The van der Waals surface area contributed by atoms with Gasteiger partial charge in [-0.2, -0.15) is 0 Å². The molecule has 2 rings (SSSR count). The molecule has 4 nitrogen and oxygen atoms in total. The zero-order chi connectivity index (χ0) is 15.2. The first-order valence-corrected chi connectivity index (χ1v) is 6.63. The van der Waals surface area contributed by atoms with Gasteiger partial charge in [0.15, 0.2) is 0 Å². The lowest BCUT2D eigenvalue weighted by Crippen LogP contribution is -2.30. The second-order valence-electron chi connectivity index (χ2n) is 4.78. The summed E-state index contributed by atoms with van der Waals surface area (Å²) in [5.74, 6) is -0.247. The number of benzene rings is 2. The maximum atomic E-state index is 12.7. The van der Waals surface area contributed by atoms with Crippen LogP contribution in [0.4, 0.5) is 14.9 Å². The zero-order valence-corrected chi connectivity index (χ0v) is 11.7. The van der Waals surface area contributed by atoms with Gasteiger partial charge in [0.05, 0.1) is 5.69 Å². The zero-order valence-electron chi connectivity index (χ0n) is 11.7. The molecule has 0 spiro atoms. The van der Waals surface area contributed by atoms with E-state index < -0.39 is 6.03 Å². The Kier molecular flexibility index (Phi) is 4.77. The number of carbonyl (C=O) groups is 1. The van der Waals surface area contributed by atoms with E-state index in [4.69, 9.17) is 0 Å². The van der Waals surface area contributed by atoms with Gasteiger partial charge in [0.1, 0.15) is 11.6 Å². The molecule has 0 aromatic heterocycles. The number of carbonyl (C=O) groups excluding carboxylic acids is 1. The van der Waals surface area contributed by atoms with Gasteiger partial charge in [0.25, 0.3) is 0 Å². The average Bonchev–Trinajstić information content (AvgIpc) is 2.44. The monoisotopic (exact) mass is 288 g/mol. The summed E-state index contributed by atoms with van der Waals surface area (Å²) < 4.78 is 12.7. The topological polar surface area (TPSA) is 61.4 Å². The summed E-state index contributed by atoms with van der Waals surface area (Å²) in [6.07, 6.45) is 0.605. The minimum absolute atomic E-state index is 0.0312. The van der Waals surface area contributed by atoms with Gasteiger partial charge in [-0.05, 0) is 48.7 Å². The van der Waals surface area contributed by atoms with E-state index in [1.165, 1.54) is 12.1 Å². The van der Waals surface area contributed by atoms with Gasteiger partial charge in [-0.1, -0.05) is 18.2 Å². The smallest absolute Gasteiger partial charge is 0.319 e. The fourth-order valence-corrected chi connectivity index (χ4v) is 1.89. The van der Waals surface area contributed by atoms with Crippen molar-refractivity contribution in [3.8, 4) is 5.75 Å². The van der Waals surface area contributed by atoms with Crippen molar-refractivity contribution in [3.63, 3.8) is 0 Å². The van der Waals surface area contributed by atoms with E-state index in [2.05, 4.69) is 10.6 Å². The van der Waals surface area contributed by atoms with E-state index in [0.29, 0.717) is 18.7 Å². The molecule has 0 radical (unpaired) electrons. The number of anilines is 1. The minimum atomic E-state index is -0.392. The van der Waals surface area contributed by atoms with Crippen molar-refractivity contribution in [1.82, 2.24) is 5.32 Å². The van der Waals surface area contributed by atoms with E-state index in [9.17, 15) is 14.3 Å². The van der Waals surface area contributed by atoms with Crippen LogP contribution in [0.2, 0.25) is 0 Å². The number of phenolic OH excluding ortho intramolecular Hbond substituents is 1. The number of nitrogens with one attached hydrogen (secondary N) is 2. The predicted octanol–water partition coefficient (Wildman–Crippen LogP) is 3.20. The Morgan fingerprint density at radius 2 is 1.90 bits per heavy atom. The maximum absolute atomic E-state index is 12.7. The maximum Gasteiger partial charge on any atom is 0.319 e. The Morgan fingerprint density at radius 1 is 1.19 bits per heavy atom. The highest BCUT2D eigenvalue weighted by Gasteiger charge is 2.05. The van der Waals surface area contributed by atoms with Gasteiger partial charge in [-0.3, -0.25) is 0 Å². The number of phenols is 1. The van der Waals surface area contributed by atoms with Gasteiger partial charge in [-0.25, -0.2) is 9.18 Å². The molecule has 0 saturated heterocycles. The van der Waals surface area contributed by atoms with Crippen molar-refractivity contribution >= 4 is 11.7 Å². The highest BCUT2D eigenvalue weighted by molar-refractivity contribution is 5.90. The number of rotatable bonds is 4. The summed E-state index contributed by atoms with van der Waals surface area (Å²) in [5.41, 5.74) is 2.21. The van der Waals surface area contributed by atoms with Crippen LogP contribution in [0.25, 0.3) is 0 Å². The van der Waals surface area contributed by atoms with Crippen LogP contribution in [0.15, 0.2) is 42.5 Å². The van der Waals surface area contributed by atoms with Crippen LogP contribution >= 0.6 is 0 Å². The number of hydrogen-bond acceptors (Lipinski definition) is 2. The summed E-state index contributed by atoms with van der Waals surface area (Å²) in [7, 11) is 0. The van der Waals surface area contributed by atoms with E-state index in [-0.39, 0.29) is 11.6 Å². The van der Waals surface area contributed by atoms with Gasteiger partial charge >= 0.3 is 6.03 Å². The summed E-state index contributed by atoms with van der Waals surface area (Å²) in [4.78, 5) is 11.7. The molecule has 5 heteroatoms. The normalized spacial score (nSPS) is 10.2. The number of halogens is 1. The Labute approximate surface area is 122 Å². The van der Waals surface area contributed by atoms with Crippen molar-refractivity contribution in [2.45, 2.75) is 13.3 Å². The third-order valence-electron chi connectivity index (χ3n) is 3.01. The molecule has 2 aromatic rings. The summed E-state index contributed by atoms with van der Waals surface area (Å²) in [6, 6.07) is 10.8. The summed E-state index contributed by atoms with van der Waals surface area (Å²) in [6.45, 7) is 2.27. The molecule has 0 aliphatic heterocycles. The third-order valence-corrected chi connectivity index (χ3v) is 3.01. The molecule has 2 aromatic carbocycles. The average molecular weight is 288 g/mol. The molecule has 2 amide bonds. The Balaban J connectivity index is 1.81. The molecule has 0 aliphatic rings.